The third-order valence-corrected chi connectivity index (χ3v) is 1.84. The minimum atomic E-state index is -0.867. The second-order valence-corrected chi connectivity index (χ2v) is 4.03. The maximum Gasteiger partial charge on any atom is 0.317 e. The molecule has 0 heterocycles. The van der Waals surface area contributed by atoms with Crippen LogP contribution in [0, 0.1) is 0 Å². The Kier molecular flexibility index (Phi) is 4.91. The first-order valence-electron chi connectivity index (χ1n) is 4.40. The quantitative estimate of drug-likeness (QED) is 0.716. The summed E-state index contributed by atoms with van der Waals surface area (Å²) < 4.78 is 11.9. The van der Waals surface area contributed by atoms with Gasteiger partial charge in [0.1, 0.15) is 0 Å². The smallest absolute Gasteiger partial charge is 0.317 e. The number of halogens is 1. The van der Waals surface area contributed by atoms with Crippen LogP contribution in [0.2, 0.25) is 0 Å². The minimum absolute atomic E-state index is 0.0243. The summed E-state index contributed by atoms with van der Waals surface area (Å²) in [6.07, 6.45) is 0.393. The Hall–Kier alpha value is -0.640. The van der Waals surface area contributed by atoms with Gasteiger partial charge in [-0.3, -0.25) is 14.1 Å². The van der Waals surface area contributed by atoms with Crippen LogP contribution in [0.4, 0.5) is 4.39 Å². The maximum absolute atomic E-state index is 11.9. The van der Waals surface area contributed by atoms with Crippen LogP contribution in [0.25, 0.3) is 0 Å². The number of hydrogen-bond donors (Lipinski definition) is 1. The molecule has 0 aromatic heterocycles. The molecule has 0 spiro atoms. The number of nitrogens with zero attached hydrogens (tertiary/aromatic N) is 1. The lowest BCUT2D eigenvalue weighted by atomic mass is 10.1. The molecule has 0 fully saturated rings. The number of aliphatic carboxylic acids is 1. The van der Waals surface area contributed by atoms with Crippen molar-refractivity contribution in [1.82, 2.24) is 4.90 Å². The first-order chi connectivity index (χ1) is 5.88. The Morgan fingerprint density at radius 1 is 1.46 bits per heavy atom. The molecule has 13 heavy (non-hydrogen) atoms. The lowest BCUT2D eigenvalue weighted by molar-refractivity contribution is -0.139. The van der Waals surface area contributed by atoms with Gasteiger partial charge in [-0.15, -0.1) is 0 Å². The van der Waals surface area contributed by atoms with Crippen LogP contribution in [0.5, 0.6) is 0 Å². The Morgan fingerprint density at radius 3 is 2.31 bits per heavy atom. The summed E-state index contributed by atoms with van der Waals surface area (Å²) in [6.45, 7) is 5.85. The molecule has 0 radical (unpaired) electrons. The van der Waals surface area contributed by atoms with E-state index in [2.05, 4.69) is 0 Å². The Bertz CT molecular complexity index is 165. The van der Waals surface area contributed by atoms with Crippen molar-refractivity contribution >= 4 is 5.97 Å². The van der Waals surface area contributed by atoms with E-state index in [1.165, 1.54) is 0 Å². The highest BCUT2D eigenvalue weighted by Gasteiger charge is 2.22. The fourth-order valence-corrected chi connectivity index (χ4v) is 1.07. The lowest BCUT2D eigenvalue weighted by Gasteiger charge is -2.34. The zero-order chi connectivity index (χ0) is 10.5. The molecule has 0 amide bonds. The van der Waals surface area contributed by atoms with Crippen LogP contribution in [0.3, 0.4) is 0 Å². The van der Waals surface area contributed by atoms with E-state index in [0.717, 1.165) is 0 Å². The average Bonchev–Trinajstić information content (AvgIpc) is 1.95. The number of rotatable bonds is 5. The maximum atomic E-state index is 11.9. The molecule has 0 rings (SSSR count). The van der Waals surface area contributed by atoms with Gasteiger partial charge in [0.05, 0.1) is 13.2 Å². The monoisotopic (exact) mass is 191 g/mol. The van der Waals surface area contributed by atoms with Crippen LogP contribution in [-0.2, 0) is 4.79 Å². The van der Waals surface area contributed by atoms with E-state index >= 15 is 0 Å². The summed E-state index contributed by atoms with van der Waals surface area (Å²) in [4.78, 5) is 12.2. The fourth-order valence-electron chi connectivity index (χ4n) is 1.07. The molecule has 0 aliphatic rings. The Labute approximate surface area is 78.5 Å². The van der Waals surface area contributed by atoms with Crippen molar-refractivity contribution in [3.05, 3.63) is 0 Å². The molecule has 0 aliphatic carbocycles. The molecule has 4 heteroatoms. The Morgan fingerprint density at radius 2 is 2.00 bits per heavy atom. The van der Waals surface area contributed by atoms with Gasteiger partial charge < -0.3 is 5.11 Å². The van der Waals surface area contributed by atoms with Crippen molar-refractivity contribution in [2.24, 2.45) is 0 Å². The molecule has 0 bridgehead atoms. The molecular weight excluding hydrogens is 173 g/mol. The lowest BCUT2D eigenvalue weighted by Crippen LogP contribution is -2.45. The predicted octanol–water partition coefficient (Wildman–Crippen LogP) is 1.53. The van der Waals surface area contributed by atoms with Crippen molar-refractivity contribution in [3.8, 4) is 0 Å². The fraction of sp³-hybridized carbons (Fsp3) is 0.889. The standard InChI is InChI=1S/C9H18FNO2/c1-9(2,3)11(6-4-5-10)7-8(12)13/h4-7H2,1-3H3,(H,12,13). The van der Waals surface area contributed by atoms with Crippen LogP contribution < -0.4 is 0 Å². The molecule has 0 saturated heterocycles. The SMILES string of the molecule is CC(C)(C)N(CCCF)CC(=O)O. The Balaban J connectivity index is 4.11. The highest BCUT2D eigenvalue weighted by atomic mass is 19.1. The van der Waals surface area contributed by atoms with Gasteiger partial charge in [0.15, 0.2) is 0 Å². The summed E-state index contributed by atoms with van der Waals surface area (Å²) in [5.41, 5.74) is -0.215. The van der Waals surface area contributed by atoms with Crippen LogP contribution in [0.1, 0.15) is 27.2 Å². The molecule has 0 aromatic rings. The molecule has 0 aliphatic heterocycles. The van der Waals surface area contributed by atoms with Gasteiger partial charge >= 0.3 is 5.97 Å². The predicted molar refractivity (Wildman–Crippen MR) is 49.6 cm³/mol. The number of carboxylic acid groups (broad SMARTS) is 1. The van der Waals surface area contributed by atoms with Gasteiger partial charge in [-0.2, -0.15) is 0 Å². The van der Waals surface area contributed by atoms with Gasteiger partial charge in [0.2, 0.25) is 0 Å². The van der Waals surface area contributed by atoms with Gasteiger partial charge in [-0.25, -0.2) is 0 Å². The normalized spacial score (nSPS) is 12.1. The third kappa shape index (κ3) is 5.58. The molecule has 1 N–H and O–H groups in total. The number of carboxylic acids is 1. The summed E-state index contributed by atoms with van der Waals surface area (Å²) in [5.74, 6) is -0.867. The van der Waals surface area contributed by atoms with E-state index in [4.69, 9.17) is 5.11 Å². The molecular formula is C9H18FNO2. The molecule has 0 unspecified atom stereocenters. The van der Waals surface area contributed by atoms with Crippen LogP contribution in [0.15, 0.2) is 0 Å². The van der Waals surface area contributed by atoms with E-state index in [9.17, 15) is 9.18 Å². The highest BCUT2D eigenvalue weighted by molar-refractivity contribution is 5.69. The largest absolute Gasteiger partial charge is 0.480 e. The second kappa shape index (κ2) is 5.17. The summed E-state index contributed by atoms with van der Waals surface area (Å²) in [6, 6.07) is 0. The zero-order valence-electron chi connectivity index (χ0n) is 8.51. The second-order valence-electron chi connectivity index (χ2n) is 4.03. The van der Waals surface area contributed by atoms with E-state index in [1.807, 2.05) is 20.8 Å². The number of alkyl halides is 1. The van der Waals surface area contributed by atoms with E-state index in [-0.39, 0.29) is 12.1 Å². The van der Waals surface area contributed by atoms with Crippen molar-refractivity contribution in [3.63, 3.8) is 0 Å². The van der Waals surface area contributed by atoms with Gasteiger partial charge in [-0.1, -0.05) is 0 Å². The van der Waals surface area contributed by atoms with E-state index in [1.54, 1.807) is 4.90 Å². The van der Waals surface area contributed by atoms with Crippen molar-refractivity contribution < 1.29 is 14.3 Å². The molecule has 0 atom stereocenters. The van der Waals surface area contributed by atoms with Crippen LogP contribution >= 0.6 is 0 Å². The van der Waals surface area contributed by atoms with Crippen molar-refractivity contribution in [1.29, 1.82) is 0 Å². The molecule has 78 valence electrons. The number of carbonyl (C=O) groups is 1. The molecule has 0 saturated carbocycles. The highest BCUT2D eigenvalue weighted by Crippen LogP contribution is 2.12. The molecule has 3 nitrogen and oxygen atoms in total. The third-order valence-electron chi connectivity index (χ3n) is 1.84. The van der Waals surface area contributed by atoms with Crippen LogP contribution in [-0.4, -0.2) is 41.3 Å². The summed E-state index contributed by atoms with van der Waals surface area (Å²) in [7, 11) is 0. The minimum Gasteiger partial charge on any atom is -0.480 e. The average molecular weight is 191 g/mol. The summed E-state index contributed by atoms with van der Waals surface area (Å²) >= 11 is 0. The van der Waals surface area contributed by atoms with Gasteiger partial charge in [0.25, 0.3) is 0 Å². The van der Waals surface area contributed by atoms with Gasteiger partial charge in [0, 0.05) is 12.1 Å². The topological polar surface area (TPSA) is 40.5 Å². The zero-order valence-corrected chi connectivity index (χ0v) is 8.51. The van der Waals surface area contributed by atoms with E-state index < -0.39 is 12.6 Å². The summed E-state index contributed by atoms with van der Waals surface area (Å²) in [5, 5.41) is 8.61. The van der Waals surface area contributed by atoms with Crippen molar-refractivity contribution in [2.75, 3.05) is 19.8 Å². The van der Waals surface area contributed by atoms with Crippen molar-refractivity contribution in [2.45, 2.75) is 32.7 Å². The van der Waals surface area contributed by atoms with E-state index in [0.29, 0.717) is 13.0 Å². The van der Waals surface area contributed by atoms with Gasteiger partial charge in [-0.05, 0) is 27.2 Å². The first kappa shape index (κ1) is 12.4. The molecule has 0 aromatic carbocycles. The number of hydrogen-bond acceptors (Lipinski definition) is 2. The first-order valence-corrected chi connectivity index (χ1v) is 4.40.